The maximum Gasteiger partial charge on any atom is 0.329 e. The number of carbonyl (C=O) groups excluding carboxylic acids is 1. The van der Waals surface area contributed by atoms with Crippen LogP contribution in [0.4, 0.5) is 0 Å². The lowest BCUT2D eigenvalue weighted by Gasteiger charge is -2.31. The van der Waals surface area contributed by atoms with Crippen molar-refractivity contribution in [3.63, 3.8) is 0 Å². The summed E-state index contributed by atoms with van der Waals surface area (Å²) in [5.74, 6) is -0.212. The number of rotatable bonds is 4. The van der Waals surface area contributed by atoms with E-state index in [1.165, 1.54) is 4.90 Å². The summed E-state index contributed by atoms with van der Waals surface area (Å²) in [6, 6.07) is 7.43. The monoisotopic (exact) mass is 293 g/mol. The molecule has 1 aromatic rings. The zero-order valence-electron chi connectivity index (χ0n) is 11.8. The molecule has 1 aromatic carbocycles. The second-order valence-corrected chi connectivity index (χ2v) is 6.14. The van der Waals surface area contributed by atoms with Crippen LogP contribution in [0.25, 0.3) is 0 Å². The van der Waals surface area contributed by atoms with Crippen molar-refractivity contribution < 1.29 is 14.7 Å². The lowest BCUT2D eigenvalue weighted by molar-refractivity contribution is -0.147. The summed E-state index contributed by atoms with van der Waals surface area (Å²) in [6.07, 6.45) is 3.28. The van der Waals surface area contributed by atoms with E-state index in [0.29, 0.717) is 18.5 Å². The summed E-state index contributed by atoms with van der Waals surface area (Å²) in [7, 11) is 0. The van der Waals surface area contributed by atoms with E-state index in [1.807, 2.05) is 18.4 Å². The first-order chi connectivity index (χ1) is 9.49. The molecule has 1 fully saturated rings. The molecule has 0 bridgehead atoms. The van der Waals surface area contributed by atoms with Crippen LogP contribution in [0, 0.1) is 0 Å². The van der Waals surface area contributed by atoms with Gasteiger partial charge >= 0.3 is 5.97 Å². The molecule has 0 saturated carbocycles. The standard InChI is InChI=1S/C15H19NO3S/c1-15(14(18)19)8-3-9-16(15)13(17)12-6-4-11(5-7-12)10-20-2/h4-7H,3,8-10H2,1-2H3,(H,18,19). The predicted molar refractivity (Wildman–Crippen MR) is 80.0 cm³/mol. The minimum atomic E-state index is -1.07. The normalized spacial score (nSPS) is 22.0. The third-order valence-corrected chi connectivity index (χ3v) is 4.48. The van der Waals surface area contributed by atoms with Gasteiger partial charge in [0.25, 0.3) is 5.91 Å². The van der Waals surface area contributed by atoms with E-state index >= 15 is 0 Å². The highest BCUT2D eigenvalue weighted by molar-refractivity contribution is 7.97. The smallest absolute Gasteiger partial charge is 0.329 e. The van der Waals surface area contributed by atoms with E-state index in [-0.39, 0.29) is 5.91 Å². The Morgan fingerprint density at radius 1 is 1.35 bits per heavy atom. The predicted octanol–water partition coefficient (Wildman–Crippen LogP) is 2.63. The summed E-state index contributed by atoms with van der Waals surface area (Å²) in [5, 5.41) is 9.36. The molecule has 20 heavy (non-hydrogen) atoms. The third-order valence-electron chi connectivity index (χ3n) is 3.86. The number of carboxylic acid groups (broad SMARTS) is 1. The molecule has 1 unspecified atom stereocenters. The van der Waals surface area contributed by atoms with Crippen LogP contribution in [0.3, 0.4) is 0 Å². The number of benzene rings is 1. The number of hydrogen-bond acceptors (Lipinski definition) is 3. The van der Waals surface area contributed by atoms with Crippen LogP contribution in [0.15, 0.2) is 24.3 Å². The number of hydrogen-bond donors (Lipinski definition) is 1. The zero-order chi connectivity index (χ0) is 14.8. The molecule has 1 amide bonds. The Hall–Kier alpha value is -1.49. The van der Waals surface area contributed by atoms with Crippen molar-refractivity contribution in [1.29, 1.82) is 0 Å². The number of amides is 1. The van der Waals surface area contributed by atoms with Crippen molar-refractivity contribution in [3.05, 3.63) is 35.4 Å². The van der Waals surface area contributed by atoms with Gasteiger partial charge in [0.2, 0.25) is 0 Å². The van der Waals surface area contributed by atoms with E-state index in [4.69, 9.17) is 0 Å². The number of likely N-dealkylation sites (tertiary alicyclic amines) is 1. The first-order valence-electron chi connectivity index (χ1n) is 6.62. The first kappa shape index (κ1) is 14.9. The second kappa shape index (κ2) is 5.87. The van der Waals surface area contributed by atoms with Gasteiger partial charge in [-0.2, -0.15) is 11.8 Å². The van der Waals surface area contributed by atoms with Crippen LogP contribution in [0.1, 0.15) is 35.7 Å². The van der Waals surface area contributed by atoms with E-state index in [9.17, 15) is 14.7 Å². The number of carboxylic acids is 1. The molecule has 0 spiro atoms. The zero-order valence-corrected chi connectivity index (χ0v) is 12.6. The molecule has 0 radical (unpaired) electrons. The molecule has 1 saturated heterocycles. The van der Waals surface area contributed by atoms with Gasteiger partial charge in [-0.25, -0.2) is 4.79 Å². The van der Waals surface area contributed by atoms with Gasteiger partial charge in [0.1, 0.15) is 5.54 Å². The number of aliphatic carboxylic acids is 1. The molecule has 2 rings (SSSR count). The average Bonchev–Trinajstić information content (AvgIpc) is 2.83. The van der Waals surface area contributed by atoms with Crippen molar-refractivity contribution in [3.8, 4) is 0 Å². The Bertz CT molecular complexity index is 514. The topological polar surface area (TPSA) is 57.6 Å². The second-order valence-electron chi connectivity index (χ2n) is 5.27. The molecule has 108 valence electrons. The van der Waals surface area contributed by atoms with Crippen molar-refractivity contribution in [2.45, 2.75) is 31.1 Å². The first-order valence-corrected chi connectivity index (χ1v) is 8.01. The Kier molecular flexibility index (Phi) is 4.38. The van der Waals surface area contributed by atoms with Gasteiger partial charge in [-0.05, 0) is 43.7 Å². The summed E-state index contributed by atoms with van der Waals surface area (Å²) in [4.78, 5) is 25.4. The SMILES string of the molecule is CSCc1ccc(C(=O)N2CCCC2(C)C(=O)O)cc1. The maximum absolute atomic E-state index is 12.5. The minimum absolute atomic E-state index is 0.192. The highest BCUT2D eigenvalue weighted by atomic mass is 32.2. The lowest BCUT2D eigenvalue weighted by atomic mass is 9.98. The van der Waals surface area contributed by atoms with E-state index in [0.717, 1.165) is 17.7 Å². The van der Waals surface area contributed by atoms with Gasteiger partial charge < -0.3 is 10.0 Å². The molecule has 1 aliphatic rings. The molecule has 0 aliphatic carbocycles. The van der Waals surface area contributed by atoms with Gasteiger partial charge in [-0.1, -0.05) is 12.1 Å². The van der Waals surface area contributed by atoms with E-state index in [1.54, 1.807) is 30.8 Å². The van der Waals surface area contributed by atoms with Gasteiger partial charge in [-0.15, -0.1) is 0 Å². The van der Waals surface area contributed by atoms with E-state index < -0.39 is 11.5 Å². The van der Waals surface area contributed by atoms with Gasteiger partial charge in [0.15, 0.2) is 0 Å². The highest BCUT2D eigenvalue weighted by Gasteiger charge is 2.46. The van der Waals surface area contributed by atoms with Crippen molar-refractivity contribution in [2.75, 3.05) is 12.8 Å². The van der Waals surface area contributed by atoms with E-state index in [2.05, 4.69) is 0 Å². The van der Waals surface area contributed by atoms with Gasteiger partial charge in [0, 0.05) is 17.9 Å². The third kappa shape index (κ3) is 2.68. The van der Waals surface area contributed by atoms with Gasteiger partial charge in [-0.3, -0.25) is 4.79 Å². The molecular weight excluding hydrogens is 274 g/mol. The summed E-state index contributed by atoms with van der Waals surface area (Å²) >= 11 is 1.72. The maximum atomic E-state index is 12.5. The molecule has 1 aliphatic heterocycles. The molecule has 1 N–H and O–H groups in total. The fraction of sp³-hybridized carbons (Fsp3) is 0.467. The van der Waals surface area contributed by atoms with Gasteiger partial charge in [0.05, 0.1) is 0 Å². The number of nitrogens with zero attached hydrogens (tertiary/aromatic N) is 1. The molecular formula is C15H19NO3S. The van der Waals surface area contributed by atoms with Crippen LogP contribution in [-0.2, 0) is 10.5 Å². The Balaban J connectivity index is 2.20. The van der Waals surface area contributed by atoms with Crippen LogP contribution in [-0.4, -0.2) is 40.2 Å². The van der Waals surface area contributed by atoms with Crippen molar-refractivity contribution >= 4 is 23.6 Å². The van der Waals surface area contributed by atoms with Crippen molar-refractivity contribution in [2.24, 2.45) is 0 Å². The van der Waals surface area contributed by atoms with Crippen LogP contribution >= 0.6 is 11.8 Å². The molecule has 1 heterocycles. The fourth-order valence-electron chi connectivity index (χ4n) is 2.58. The summed E-state index contributed by atoms with van der Waals surface area (Å²) in [6.45, 7) is 2.14. The Morgan fingerprint density at radius 2 is 2.00 bits per heavy atom. The minimum Gasteiger partial charge on any atom is -0.480 e. The molecule has 4 nitrogen and oxygen atoms in total. The Morgan fingerprint density at radius 3 is 2.55 bits per heavy atom. The lowest BCUT2D eigenvalue weighted by Crippen LogP contribution is -2.50. The Labute approximate surface area is 123 Å². The molecule has 1 atom stereocenters. The van der Waals surface area contributed by atoms with Crippen molar-refractivity contribution in [1.82, 2.24) is 4.90 Å². The summed E-state index contributed by atoms with van der Waals surface area (Å²) in [5.41, 5.74) is 0.648. The van der Waals surface area contributed by atoms with Crippen LogP contribution in [0.5, 0.6) is 0 Å². The largest absolute Gasteiger partial charge is 0.480 e. The van der Waals surface area contributed by atoms with Crippen LogP contribution < -0.4 is 0 Å². The molecule has 5 heteroatoms. The average molecular weight is 293 g/mol. The summed E-state index contributed by atoms with van der Waals surface area (Å²) < 4.78 is 0. The molecule has 0 aromatic heterocycles. The highest BCUT2D eigenvalue weighted by Crippen LogP contribution is 2.30. The number of thioether (sulfide) groups is 1. The fourth-order valence-corrected chi connectivity index (χ4v) is 3.10. The quantitative estimate of drug-likeness (QED) is 0.927. The number of carbonyl (C=O) groups is 2. The van der Waals surface area contributed by atoms with Crippen LogP contribution in [0.2, 0.25) is 0 Å².